The van der Waals surface area contributed by atoms with Crippen LogP contribution in [0.1, 0.15) is 5.01 Å². The monoisotopic (exact) mass is 404 g/mol. The summed E-state index contributed by atoms with van der Waals surface area (Å²) in [6, 6.07) is 13.3. The number of anilines is 1. The second-order valence-corrected chi connectivity index (χ2v) is 6.45. The summed E-state index contributed by atoms with van der Waals surface area (Å²) in [5, 5.41) is 2.98. The first-order chi connectivity index (χ1) is 13.5. The average molecular weight is 404 g/mol. The molecule has 0 bridgehead atoms. The number of carbonyl (C=O) groups is 2. The number of nitrogens with one attached hydrogen (secondary N) is 1. The Morgan fingerprint density at radius 1 is 1.14 bits per heavy atom. The molecular formula is C19H14F2N2O4S. The molecule has 1 N–H and O–H groups in total. The van der Waals surface area contributed by atoms with Gasteiger partial charge in [-0.3, -0.25) is 4.79 Å². The van der Waals surface area contributed by atoms with Crippen LogP contribution in [0.15, 0.2) is 54.6 Å². The first-order valence-electron chi connectivity index (χ1n) is 8.05. The van der Waals surface area contributed by atoms with Gasteiger partial charge in [0.05, 0.1) is 15.9 Å². The molecule has 3 rings (SSSR count). The van der Waals surface area contributed by atoms with Gasteiger partial charge in [-0.2, -0.15) is 8.78 Å². The highest BCUT2D eigenvalue weighted by Crippen LogP contribution is 2.25. The first kappa shape index (κ1) is 19.4. The smallest absolute Gasteiger partial charge is 0.387 e. The number of carbonyl (C=O) groups excluding carboxylic acids is 2. The summed E-state index contributed by atoms with van der Waals surface area (Å²) < 4.78 is 34.9. The summed E-state index contributed by atoms with van der Waals surface area (Å²) in [6.07, 6.45) is 2.66. The Hall–Kier alpha value is -3.33. The summed E-state index contributed by atoms with van der Waals surface area (Å²) in [5.74, 6) is -1.61. The summed E-state index contributed by atoms with van der Waals surface area (Å²) in [4.78, 5) is 28.0. The van der Waals surface area contributed by atoms with Crippen molar-refractivity contribution in [1.82, 2.24) is 4.98 Å². The molecule has 9 heteroatoms. The van der Waals surface area contributed by atoms with Crippen molar-refractivity contribution in [1.29, 1.82) is 0 Å². The number of thiazole rings is 1. The van der Waals surface area contributed by atoms with E-state index in [0.29, 0.717) is 5.01 Å². The third kappa shape index (κ3) is 5.34. The molecule has 144 valence electrons. The number of nitrogens with zero attached hydrogens (tertiary/aromatic N) is 1. The van der Waals surface area contributed by atoms with Gasteiger partial charge in [-0.05, 0) is 30.3 Å². The summed E-state index contributed by atoms with van der Waals surface area (Å²) in [5.41, 5.74) is 0.874. The minimum atomic E-state index is -3.02. The maximum Gasteiger partial charge on any atom is 0.387 e. The first-order valence-corrected chi connectivity index (χ1v) is 8.87. The van der Waals surface area contributed by atoms with Crippen LogP contribution in [0.4, 0.5) is 14.5 Å². The lowest BCUT2D eigenvalue weighted by Gasteiger charge is -2.11. The molecule has 28 heavy (non-hydrogen) atoms. The zero-order valence-corrected chi connectivity index (χ0v) is 15.1. The molecule has 1 amide bonds. The van der Waals surface area contributed by atoms with E-state index in [2.05, 4.69) is 15.0 Å². The Morgan fingerprint density at radius 3 is 2.68 bits per heavy atom. The second kappa shape index (κ2) is 9.05. The topological polar surface area (TPSA) is 77.5 Å². The molecule has 0 saturated heterocycles. The van der Waals surface area contributed by atoms with Crippen molar-refractivity contribution in [2.75, 3.05) is 11.9 Å². The Kier molecular flexibility index (Phi) is 6.28. The van der Waals surface area contributed by atoms with Gasteiger partial charge < -0.3 is 14.8 Å². The van der Waals surface area contributed by atoms with Crippen molar-refractivity contribution in [2.45, 2.75) is 6.61 Å². The van der Waals surface area contributed by atoms with Gasteiger partial charge >= 0.3 is 12.6 Å². The van der Waals surface area contributed by atoms with Gasteiger partial charge in [0.15, 0.2) is 6.61 Å². The number of esters is 1. The number of para-hydroxylation sites is 3. The molecule has 2 aromatic carbocycles. The van der Waals surface area contributed by atoms with Gasteiger partial charge in [0.25, 0.3) is 5.91 Å². The van der Waals surface area contributed by atoms with E-state index in [1.165, 1.54) is 41.7 Å². The fourth-order valence-electron chi connectivity index (χ4n) is 2.24. The second-order valence-electron chi connectivity index (χ2n) is 5.38. The predicted octanol–water partition coefficient (Wildman–Crippen LogP) is 4.09. The number of ether oxygens (including phenoxy) is 2. The molecule has 0 fully saturated rings. The SMILES string of the molecule is O=C(COC(=O)C=Cc1nc2ccccc2s1)Nc1ccccc1OC(F)F. The number of aromatic nitrogens is 1. The molecule has 1 heterocycles. The van der Waals surface area contributed by atoms with Crippen LogP contribution in [0.25, 0.3) is 16.3 Å². The van der Waals surface area contributed by atoms with Crippen LogP contribution in [0.3, 0.4) is 0 Å². The predicted molar refractivity (Wildman–Crippen MR) is 101 cm³/mol. The number of amides is 1. The molecule has 0 atom stereocenters. The molecule has 0 spiro atoms. The number of hydrogen-bond acceptors (Lipinski definition) is 6. The molecule has 6 nitrogen and oxygen atoms in total. The summed E-state index contributed by atoms with van der Waals surface area (Å²) >= 11 is 1.41. The van der Waals surface area contributed by atoms with Crippen molar-refractivity contribution in [3.8, 4) is 5.75 Å². The Bertz CT molecular complexity index is 987. The van der Waals surface area contributed by atoms with Crippen LogP contribution >= 0.6 is 11.3 Å². The van der Waals surface area contributed by atoms with Gasteiger partial charge in [0.1, 0.15) is 10.8 Å². The number of alkyl halides is 2. The fourth-order valence-corrected chi connectivity index (χ4v) is 3.11. The van der Waals surface area contributed by atoms with Gasteiger partial charge in [-0.15, -0.1) is 11.3 Å². The van der Waals surface area contributed by atoms with Crippen molar-refractivity contribution in [2.24, 2.45) is 0 Å². The van der Waals surface area contributed by atoms with E-state index >= 15 is 0 Å². The molecule has 0 aliphatic carbocycles. The maximum absolute atomic E-state index is 12.4. The van der Waals surface area contributed by atoms with Crippen molar-refractivity contribution < 1.29 is 27.8 Å². The Labute approximate surface area is 162 Å². The third-order valence-corrected chi connectivity index (χ3v) is 4.40. The van der Waals surface area contributed by atoms with Gasteiger partial charge in [-0.1, -0.05) is 24.3 Å². The highest BCUT2D eigenvalue weighted by molar-refractivity contribution is 7.19. The van der Waals surface area contributed by atoms with E-state index in [9.17, 15) is 18.4 Å². The highest BCUT2D eigenvalue weighted by atomic mass is 32.1. The van der Waals surface area contributed by atoms with E-state index in [-0.39, 0.29) is 11.4 Å². The van der Waals surface area contributed by atoms with E-state index < -0.39 is 25.1 Å². The molecule has 0 radical (unpaired) electrons. The van der Waals surface area contributed by atoms with Crippen LogP contribution in [0, 0.1) is 0 Å². The lowest BCUT2D eigenvalue weighted by molar-refractivity contribution is -0.142. The van der Waals surface area contributed by atoms with Crippen molar-refractivity contribution in [3.63, 3.8) is 0 Å². The number of hydrogen-bond donors (Lipinski definition) is 1. The summed E-state index contributed by atoms with van der Waals surface area (Å²) in [7, 11) is 0. The number of halogens is 2. The third-order valence-electron chi connectivity index (χ3n) is 3.40. The highest BCUT2D eigenvalue weighted by Gasteiger charge is 2.12. The summed E-state index contributed by atoms with van der Waals surface area (Å²) in [6.45, 7) is -3.60. The largest absolute Gasteiger partial charge is 0.452 e. The van der Waals surface area contributed by atoms with E-state index in [1.54, 1.807) is 6.07 Å². The van der Waals surface area contributed by atoms with E-state index in [1.807, 2.05) is 24.3 Å². The van der Waals surface area contributed by atoms with Crippen LogP contribution in [0.2, 0.25) is 0 Å². The van der Waals surface area contributed by atoms with E-state index in [4.69, 9.17) is 4.74 Å². The Morgan fingerprint density at radius 2 is 1.89 bits per heavy atom. The van der Waals surface area contributed by atoms with Crippen LogP contribution in [-0.2, 0) is 14.3 Å². The van der Waals surface area contributed by atoms with E-state index in [0.717, 1.165) is 10.2 Å². The Balaban J connectivity index is 1.52. The maximum atomic E-state index is 12.4. The molecule has 3 aromatic rings. The zero-order chi connectivity index (χ0) is 19.9. The molecule has 1 aromatic heterocycles. The molecule has 0 unspecified atom stereocenters. The molecule has 0 saturated carbocycles. The fraction of sp³-hybridized carbons (Fsp3) is 0.105. The molecule has 0 aliphatic rings. The number of fused-ring (bicyclic) bond motifs is 1. The standard InChI is InChI=1S/C19H14F2N2O4S/c20-19(21)27-14-7-3-1-5-12(14)22-16(24)11-26-18(25)10-9-17-23-13-6-2-4-8-15(13)28-17/h1-10,19H,11H2,(H,22,24). The zero-order valence-electron chi connectivity index (χ0n) is 14.3. The number of benzene rings is 2. The number of rotatable bonds is 7. The molecule has 0 aliphatic heterocycles. The average Bonchev–Trinajstić information content (AvgIpc) is 3.09. The van der Waals surface area contributed by atoms with Gasteiger partial charge in [0.2, 0.25) is 0 Å². The molecular weight excluding hydrogens is 390 g/mol. The van der Waals surface area contributed by atoms with Crippen LogP contribution in [-0.4, -0.2) is 30.1 Å². The van der Waals surface area contributed by atoms with Crippen molar-refractivity contribution in [3.05, 3.63) is 59.6 Å². The van der Waals surface area contributed by atoms with Gasteiger partial charge in [-0.25, -0.2) is 9.78 Å². The lowest BCUT2D eigenvalue weighted by atomic mass is 10.3. The van der Waals surface area contributed by atoms with Gasteiger partial charge in [0, 0.05) is 6.08 Å². The minimum absolute atomic E-state index is 0.0499. The van der Waals surface area contributed by atoms with Crippen LogP contribution in [0.5, 0.6) is 5.75 Å². The van der Waals surface area contributed by atoms with Crippen LogP contribution < -0.4 is 10.1 Å². The minimum Gasteiger partial charge on any atom is -0.452 e. The lowest BCUT2D eigenvalue weighted by Crippen LogP contribution is -2.20. The quantitative estimate of drug-likeness (QED) is 0.474. The normalized spacial score (nSPS) is 11.1. The van der Waals surface area contributed by atoms with Crippen molar-refractivity contribution >= 4 is 45.2 Å².